The summed E-state index contributed by atoms with van der Waals surface area (Å²) in [5.41, 5.74) is 0. The van der Waals surface area contributed by atoms with Crippen LogP contribution in [0.5, 0.6) is 0 Å². The zero-order valence-electron chi connectivity index (χ0n) is 9.28. The second-order valence-corrected chi connectivity index (χ2v) is 6.65. The Labute approximate surface area is 138 Å². The van der Waals surface area contributed by atoms with E-state index in [9.17, 15) is 0 Å². The van der Waals surface area contributed by atoms with Gasteiger partial charge in [0.05, 0.1) is 0 Å². The normalized spacial score (nSPS) is 9.07. The van der Waals surface area contributed by atoms with Crippen LogP contribution in [-0.2, 0) is 0 Å². The van der Waals surface area contributed by atoms with Gasteiger partial charge in [-0.25, -0.2) is 0 Å². The number of hydrogen-bond acceptors (Lipinski definition) is 2. The molecule has 15 heavy (non-hydrogen) atoms. The average Bonchev–Trinajstić information content (AvgIpc) is 1.79. The summed E-state index contributed by atoms with van der Waals surface area (Å²) in [6, 6.07) is 0. The average molecular weight is 293 g/mol. The molecule has 0 aromatic rings. The third kappa shape index (κ3) is 31.3. The van der Waals surface area contributed by atoms with Crippen molar-refractivity contribution < 1.29 is 0 Å². The second kappa shape index (κ2) is 13.9. The van der Waals surface area contributed by atoms with Crippen molar-refractivity contribution in [2.75, 3.05) is 0 Å². The van der Waals surface area contributed by atoms with Gasteiger partial charge in [-0.15, -0.1) is 25.3 Å². The van der Waals surface area contributed by atoms with Gasteiger partial charge in [-0.3, -0.25) is 0 Å². The van der Waals surface area contributed by atoms with Gasteiger partial charge in [0, 0.05) is 8.39 Å². The van der Waals surface area contributed by atoms with Crippen LogP contribution in [-0.4, -0.2) is 38.0 Å². The molecule has 0 fully saturated rings. The number of hydrogen-bond donors (Lipinski definition) is 2. The molecule has 0 bridgehead atoms. The first-order valence-corrected chi connectivity index (χ1v) is 6.40. The molecular weight excluding hydrogens is 271 g/mol. The molecule has 0 heterocycles. The minimum atomic E-state index is 0. The fourth-order valence-electron chi connectivity index (χ4n) is 0.698. The van der Waals surface area contributed by atoms with E-state index in [-0.39, 0.29) is 29.6 Å². The van der Waals surface area contributed by atoms with Crippen molar-refractivity contribution in [3.8, 4) is 0 Å². The van der Waals surface area contributed by atoms with Gasteiger partial charge in [0.2, 0.25) is 0 Å². The van der Waals surface area contributed by atoms with E-state index in [0.717, 1.165) is 21.2 Å². The fraction of sp³-hybridized carbons (Fsp3) is 0.800. The van der Waals surface area contributed by atoms with Crippen molar-refractivity contribution in [1.29, 1.82) is 0 Å². The number of rotatable bonds is 4. The van der Waals surface area contributed by atoms with Crippen LogP contribution >= 0.6 is 49.7 Å². The van der Waals surface area contributed by atoms with Crippen molar-refractivity contribution in [3.05, 3.63) is 0 Å². The second-order valence-electron chi connectivity index (χ2n) is 3.98. The van der Waals surface area contributed by atoms with E-state index in [0.29, 0.717) is 11.8 Å². The van der Waals surface area contributed by atoms with Gasteiger partial charge in [-0.1, -0.05) is 52.1 Å². The van der Waals surface area contributed by atoms with Gasteiger partial charge in [0.25, 0.3) is 0 Å². The number of thiol groups is 2. The molecule has 0 saturated carbocycles. The van der Waals surface area contributed by atoms with Crippen molar-refractivity contribution in [3.63, 3.8) is 0 Å². The van der Waals surface area contributed by atoms with E-state index in [2.05, 4.69) is 53.0 Å². The van der Waals surface area contributed by atoms with Crippen molar-refractivity contribution in [2.45, 2.75) is 40.5 Å². The molecule has 0 nitrogen and oxygen atoms in total. The zero-order chi connectivity index (χ0) is 11.7. The maximum atomic E-state index is 4.74. The van der Waals surface area contributed by atoms with E-state index < -0.39 is 0 Å². The predicted octanol–water partition coefficient (Wildman–Crippen LogP) is 3.93. The van der Waals surface area contributed by atoms with Gasteiger partial charge in [0.15, 0.2) is 0 Å². The molecule has 0 radical (unpaired) electrons. The Balaban J connectivity index is -0.000000180. The summed E-state index contributed by atoms with van der Waals surface area (Å²) in [5.74, 6) is 1.31. The SMILES string of the molecule is CC(C)CC(=S)S.CC(C)CC(=S)S.[NaH]. The minimum absolute atomic E-state index is 0. The van der Waals surface area contributed by atoms with Crippen LogP contribution in [0.15, 0.2) is 0 Å². The Bertz CT molecular complexity index is 158. The third-order valence-electron chi connectivity index (χ3n) is 1.17. The van der Waals surface area contributed by atoms with E-state index >= 15 is 0 Å². The summed E-state index contributed by atoms with van der Waals surface area (Å²) >= 11 is 17.4. The topological polar surface area (TPSA) is 0 Å². The van der Waals surface area contributed by atoms with E-state index in [1.165, 1.54) is 0 Å². The van der Waals surface area contributed by atoms with Crippen LogP contribution in [0.4, 0.5) is 0 Å². The summed E-state index contributed by atoms with van der Waals surface area (Å²) < 4.78 is 1.63. The Morgan fingerprint density at radius 3 is 1.07 bits per heavy atom. The van der Waals surface area contributed by atoms with Crippen molar-refractivity contribution >= 4 is 87.6 Å². The molecular formula is C10H21NaS4. The van der Waals surface area contributed by atoms with E-state index in [1.54, 1.807) is 0 Å². The van der Waals surface area contributed by atoms with Gasteiger partial charge in [-0.2, -0.15) is 0 Å². The number of thiocarbonyl (C=S) groups is 2. The van der Waals surface area contributed by atoms with Gasteiger partial charge in [0.1, 0.15) is 0 Å². The molecule has 0 aromatic heterocycles. The molecule has 0 aliphatic carbocycles. The van der Waals surface area contributed by atoms with Crippen LogP contribution in [0.3, 0.4) is 0 Å². The summed E-state index contributed by atoms with van der Waals surface area (Å²) in [7, 11) is 0. The van der Waals surface area contributed by atoms with Crippen LogP contribution in [0.1, 0.15) is 40.5 Å². The van der Waals surface area contributed by atoms with Gasteiger partial charge in [-0.05, 0) is 24.7 Å². The predicted molar refractivity (Wildman–Crippen MR) is 89.2 cm³/mol. The fourth-order valence-corrected chi connectivity index (χ4v) is 2.10. The first-order valence-electron chi connectivity index (χ1n) is 4.69. The summed E-state index contributed by atoms with van der Waals surface area (Å²) in [4.78, 5) is 0. The first kappa shape index (κ1) is 22.1. The Kier molecular flexibility index (Phi) is 20.5. The standard InChI is InChI=1S/2C5H10S2.Na.H/c2*1-4(2)3-5(6)7;;/h2*4H,3H2,1-2H3,(H,6,7);;. The summed E-state index contributed by atoms with van der Waals surface area (Å²) in [6.45, 7) is 8.51. The molecule has 86 valence electrons. The molecule has 5 heteroatoms. The zero-order valence-corrected chi connectivity index (χ0v) is 12.7. The van der Waals surface area contributed by atoms with Crippen molar-refractivity contribution in [2.24, 2.45) is 11.8 Å². The van der Waals surface area contributed by atoms with Crippen LogP contribution < -0.4 is 0 Å². The third-order valence-corrected chi connectivity index (χ3v) is 1.86. The molecule has 0 aliphatic rings. The molecule has 0 rings (SSSR count). The van der Waals surface area contributed by atoms with E-state index in [4.69, 9.17) is 24.4 Å². The molecule has 0 N–H and O–H groups in total. The monoisotopic (exact) mass is 292 g/mol. The summed E-state index contributed by atoms with van der Waals surface area (Å²) in [5, 5.41) is 0. The quantitative estimate of drug-likeness (QED) is 0.458. The van der Waals surface area contributed by atoms with Crippen LogP contribution in [0, 0.1) is 11.8 Å². The Morgan fingerprint density at radius 1 is 0.867 bits per heavy atom. The van der Waals surface area contributed by atoms with Crippen LogP contribution in [0.2, 0.25) is 0 Å². The van der Waals surface area contributed by atoms with Crippen LogP contribution in [0.25, 0.3) is 0 Å². The Hall–Kier alpha value is 1.88. The van der Waals surface area contributed by atoms with Gasteiger partial charge < -0.3 is 0 Å². The molecule has 0 spiro atoms. The Morgan fingerprint density at radius 2 is 1.07 bits per heavy atom. The summed E-state index contributed by atoms with van der Waals surface area (Å²) in [6.07, 6.45) is 1.91. The maximum absolute atomic E-state index is 4.74. The molecule has 0 aliphatic heterocycles. The first-order chi connectivity index (χ1) is 6.25. The molecule has 0 saturated heterocycles. The van der Waals surface area contributed by atoms with Gasteiger partial charge >= 0.3 is 29.6 Å². The molecule has 0 atom stereocenters. The molecule has 0 amide bonds. The van der Waals surface area contributed by atoms with Crippen molar-refractivity contribution in [1.82, 2.24) is 0 Å². The molecule has 0 aromatic carbocycles. The van der Waals surface area contributed by atoms with E-state index in [1.807, 2.05) is 0 Å². The molecule has 0 unspecified atom stereocenters.